The predicted octanol–water partition coefficient (Wildman–Crippen LogP) is 4.45. The fraction of sp³-hybridized carbons (Fsp3) is 0.933. The molecule has 0 aromatic heterocycles. The van der Waals surface area contributed by atoms with Crippen LogP contribution in [0.4, 0.5) is 0 Å². The number of hydrogen-bond acceptors (Lipinski definition) is 1. The van der Waals surface area contributed by atoms with Crippen molar-refractivity contribution >= 4 is 5.78 Å². The first-order valence-electron chi connectivity index (χ1n) is 7.03. The van der Waals surface area contributed by atoms with Gasteiger partial charge in [0.15, 0.2) is 0 Å². The van der Waals surface area contributed by atoms with Gasteiger partial charge in [-0.15, -0.1) is 0 Å². The van der Waals surface area contributed by atoms with Gasteiger partial charge >= 0.3 is 0 Å². The summed E-state index contributed by atoms with van der Waals surface area (Å²) >= 11 is 0. The van der Waals surface area contributed by atoms with Crippen molar-refractivity contribution in [1.29, 1.82) is 0 Å². The maximum atomic E-state index is 12.0. The molecule has 0 heterocycles. The summed E-state index contributed by atoms with van der Waals surface area (Å²) < 4.78 is 0. The van der Waals surface area contributed by atoms with Crippen LogP contribution in [0, 0.1) is 23.7 Å². The lowest BCUT2D eigenvalue weighted by Gasteiger charge is -2.25. The molecule has 1 aliphatic rings. The van der Waals surface area contributed by atoms with Crippen molar-refractivity contribution in [2.24, 2.45) is 23.7 Å². The van der Waals surface area contributed by atoms with Crippen LogP contribution in [0.25, 0.3) is 0 Å². The summed E-state index contributed by atoms with van der Waals surface area (Å²) in [5.41, 5.74) is 0. The SMILES string of the molecule is CC1CCCC(C)C(=O)CC(C(C)C)CC1. The molecule has 0 N–H and O–H groups in total. The van der Waals surface area contributed by atoms with Crippen molar-refractivity contribution in [3.8, 4) is 0 Å². The molecule has 1 saturated carbocycles. The van der Waals surface area contributed by atoms with E-state index in [1.165, 1.54) is 25.7 Å². The number of Topliss-reactive ketones (excluding diaryl/α,β-unsaturated/α-hetero) is 1. The normalized spacial score (nSPS) is 34.1. The minimum atomic E-state index is 0.298. The predicted molar refractivity (Wildman–Crippen MR) is 69.4 cm³/mol. The lowest BCUT2D eigenvalue weighted by Crippen LogP contribution is -2.21. The summed E-state index contributed by atoms with van der Waals surface area (Å²) in [7, 11) is 0. The summed E-state index contributed by atoms with van der Waals surface area (Å²) in [6.07, 6.45) is 7.03. The molecule has 0 radical (unpaired) electrons. The highest BCUT2D eigenvalue weighted by Crippen LogP contribution is 2.29. The average Bonchev–Trinajstić information content (AvgIpc) is 2.22. The zero-order valence-electron chi connectivity index (χ0n) is 11.5. The molecule has 0 amide bonds. The van der Waals surface area contributed by atoms with Crippen molar-refractivity contribution in [2.75, 3.05) is 0 Å². The van der Waals surface area contributed by atoms with Gasteiger partial charge in [0.05, 0.1) is 0 Å². The Bertz CT molecular complexity index is 219. The molecule has 0 bridgehead atoms. The van der Waals surface area contributed by atoms with Gasteiger partial charge < -0.3 is 0 Å². The van der Waals surface area contributed by atoms with Crippen molar-refractivity contribution in [2.45, 2.75) is 66.2 Å². The van der Waals surface area contributed by atoms with Crippen molar-refractivity contribution in [1.82, 2.24) is 0 Å². The number of hydrogen-bond donors (Lipinski definition) is 0. The molecule has 94 valence electrons. The molecule has 3 unspecified atom stereocenters. The maximum absolute atomic E-state index is 12.0. The molecule has 1 fully saturated rings. The van der Waals surface area contributed by atoms with Crippen LogP contribution in [0.5, 0.6) is 0 Å². The Hall–Kier alpha value is -0.330. The van der Waals surface area contributed by atoms with Crippen molar-refractivity contribution in [3.05, 3.63) is 0 Å². The maximum Gasteiger partial charge on any atom is 0.135 e. The monoisotopic (exact) mass is 224 g/mol. The third-order valence-electron chi connectivity index (χ3n) is 4.32. The summed E-state index contributed by atoms with van der Waals surface area (Å²) in [5.74, 6) is 2.93. The molecule has 3 atom stereocenters. The van der Waals surface area contributed by atoms with Crippen molar-refractivity contribution in [3.63, 3.8) is 0 Å². The second kappa shape index (κ2) is 6.42. The summed E-state index contributed by atoms with van der Waals surface area (Å²) in [4.78, 5) is 12.0. The van der Waals surface area contributed by atoms with E-state index in [9.17, 15) is 4.79 Å². The molecular formula is C15H28O. The van der Waals surface area contributed by atoms with E-state index in [2.05, 4.69) is 27.7 Å². The van der Waals surface area contributed by atoms with Crippen LogP contribution >= 0.6 is 0 Å². The second-order valence-electron chi connectivity index (χ2n) is 6.19. The molecule has 0 aromatic rings. The van der Waals surface area contributed by atoms with Crippen molar-refractivity contribution < 1.29 is 4.79 Å². The van der Waals surface area contributed by atoms with Gasteiger partial charge in [0.25, 0.3) is 0 Å². The van der Waals surface area contributed by atoms with Gasteiger partial charge in [0.2, 0.25) is 0 Å². The Balaban J connectivity index is 2.61. The van der Waals surface area contributed by atoms with E-state index in [4.69, 9.17) is 0 Å². The zero-order chi connectivity index (χ0) is 12.1. The van der Waals surface area contributed by atoms with E-state index >= 15 is 0 Å². The summed E-state index contributed by atoms with van der Waals surface area (Å²) in [6.45, 7) is 9.01. The number of ketones is 1. The van der Waals surface area contributed by atoms with Gasteiger partial charge in [-0.1, -0.05) is 47.0 Å². The highest BCUT2D eigenvalue weighted by Gasteiger charge is 2.23. The van der Waals surface area contributed by atoms with Gasteiger partial charge in [0.1, 0.15) is 5.78 Å². The van der Waals surface area contributed by atoms with Gasteiger partial charge in [-0.3, -0.25) is 4.79 Å². The van der Waals surface area contributed by atoms with E-state index in [0.29, 0.717) is 23.5 Å². The van der Waals surface area contributed by atoms with E-state index < -0.39 is 0 Å². The van der Waals surface area contributed by atoms with E-state index in [1.54, 1.807) is 0 Å². The van der Waals surface area contributed by atoms with Crippen LogP contribution in [0.15, 0.2) is 0 Å². The Morgan fingerprint density at radius 1 is 1.06 bits per heavy atom. The zero-order valence-corrected chi connectivity index (χ0v) is 11.5. The van der Waals surface area contributed by atoms with E-state index in [0.717, 1.165) is 18.8 Å². The quantitative estimate of drug-likeness (QED) is 0.643. The fourth-order valence-electron chi connectivity index (χ4n) is 2.71. The average molecular weight is 224 g/mol. The molecule has 0 saturated heterocycles. The Morgan fingerprint density at radius 3 is 2.38 bits per heavy atom. The Morgan fingerprint density at radius 2 is 1.75 bits per heavy atom. The molecule has 1 rings (SSSR count). The third-order valence-corrected chi connectivity index (χ3v) is 4.32. The van der Waals surface area contributed by atoms with Crippen LogP contribution in [0.2, 0.25) is 0 Å². The summed E-state index contributed by atoms with van der Waals surface area (Å²) in [5, 5.41) is 0. The molecule has 0 spiro atoms. The van der Waals surface area contributed by atoms with Crippen LogP contribution in [0.3, 0.4) is 0 Å². The Kier molecular flexibility index (Phi) is 5.51. The molecule has 16 heavy (non-hydrogen) atoms. The number of carbonyl (C=O) groups is 1. The van der Waals surface area contributed by atoms with Gasteiger partial charge in [-0.2, -0.15) is 0 Å². The van der Waals surface area contributed by atoms with Crippen LogP contribution in [0.1, 0.15) is 66.2 Å². The summed E-state index contributed by atoms with van der Waals surface area (Å²) in [6, 6.07) is 0. The molecule has 0 aromatic carbocycles. The molecule has 0 aliphatic heterocycles. The van der Waals surface area contributed by atoms with Crippen LogP contribution in [-0.4, -0.2) is 5.78 Å². The van der Waals surface area contributed by atoms with Gasteiger partial charge in [0, 0.05) is 12.3 Å². The highest BCUT2D eigenvalue weighted by molar-refractivity contribution is 5.80. The van der Waals surface area contributed by atoms with E-state index in [-0.39, 0.29) is 0 Å². The first-order valence-corrected chi connectivity index (χ1v) is 7.03. The number of rotatable bonds is 1. The first-order chi connectivity index (χ1) is 7.50. The van der Waals surface area contributed by atoms with Crippen LogP contribution < -0.4 is 0 Å². The number of carbonyl (C=O) groups excluding carboxylic acids is 1. The lowest BCUT2D eigenvalue weighted by atomic mass is 9.79. The first kappa shape index (κ1) is 13.7. The van der Waals surface area contributed by atoms with E-state index in [1.807, 2.05) is 0 Å². The minimum Gasteiger partial charge on any atom is -0.299 e. The standard InChI is InChI=1S/C15H28O/c1-11(2)14-9-8-12(3)6-5-7-13(4)15(16)10-14/h11-14H,5-10H2,1-4H3. The van der Waals surface area contributed by atoms with Gasteiger partial charge in [-0.25, -0.2) is 0 Å². The Labute approximate surface area is 101 Å². The highest BCUT2D eigenvalue weighted by atomic mass is 16.1. The topological polar surface area (TPSA) is 17.1 Å². The van der Waals surface area contributed by atoms with Gasteiger partial charge in [-0.05, 0) is 30.6 Å². The largest absolute Gasteiger partial charge is 0.299 e. The molecule has 1 aliphatic carbocycles. The minimum absolute atomic E-state index is 0.298. The molecular weight excluding hydrogens is 196 g/mol. The fourth-order valence-corrected chi connectivity index (χ4v) is 2.71. The second-order valence-corrected chi connectivity index (χ2v) is 6.19. The third kappa shape index (κ3) is 4.27. The smallest absolute Gasteiger partial charge is 0.135 e. The molecule has 1 heteroatoms. The lowest BCUT2D eigenvalue weighted by molar-refractivity contribution is -0.124. The van der Waals surface area contributed by atoms with Crippen LogP contribution in [-0.2, 0) is 4.79 Å². The molecule has 1 nitrogen and oxygen atoms in total.